The monoisotopic (exact) mass is 302 g/mol. The van der Waals surface area contributed by atoms with Gasteiger partial charge in [-0.1, -0.05) is 0 Å². The molecular weight excluding hydrogens is 288 g/mol. The van der Waals surface area contributed by atoms with Crippen molar-refractivity contribution in [1.82, 2.24) is 5.32 Å². The Bertz CT molecular complexity index is 617. The SMILES string of the molecule is N#Cc1ccc(SCC(=O)NCC(O)c2ccco2)cc1. The quantitative estimate of drug-likeness (QED) is 0.798. The minimum Gasteiger partial charge on any atom is -0.467 e. The van der Waals surface area contributed by atoms with Gasteiger partial charge in [0.25, 0.3) is 0 Å². The molecule has 2 aromatic rings. The van der Waals surface area contributed by atoms with E-state index in [1.165, 1.54) is 18.0 Å². The molecule has 0 aliphatic carbocycles. The van der Waals surface area contributed by atoms with E-state index in [-0.39, 0.29) is 18.2 Å². The third-order valence-electron chi connectivity index (χ3n) is 2.72. The lowest BCUT2D eigenvalue weighted by Gasteiger charge is -2.09. The summed E-state index contributed by atoms with van der Waals surface area (Å²) in [6.07, 6.45) is 0.630. The Labute approximate surface area is 126 Å². The number of aliphatic hydroxyl groups is 1. The first kappa shape index (κ1) is 15.2. The van der Waals surface area contributed by atoms with E-state index in [1.807, 2.05) is 6.07 Å². The van der Waals surface area contributed by atoms with E-state index in [0.717, 1.165) is 4.90 Å². The van der Waals surface area contributed by atoms with Crippen molar-refractivity contribution in [2.75, 3.05) is 12.3 Å². The molecule has 6 heteroatoms. The number of benzene rings is 1. The average molecular weight is 302 g/mol. The number of thioether (sulfide) groups is 1. The van der Waals surface area contributed by atoms with Gasteiger partial charge in [-0.3, -0.25) is 4.79 Å². The number of nitrogens with zero attached hydrogens (tertiary/aromatic N) is 1. The number of hydrogen-bond acceptors (Lipinski definition) is 5. The van der Waals surface area contributed by atoms with Crippen LogP contribution in [-0.2, 0) is 4.79 Å². The summed E-state index contributed by atoms with van der Waals surface area (Å²) in [5.41, 5.74) is 0.588. The largest absolute Gasteiger partial charge is 0.467 e. The maximum absolute atomic E-state index is 11.7. The number of furan rings is 1. The maximum atomic E-state index is 11.7. The fraction of sp³-hybridized carbons (Fsp3) is 0.200. The smallest absolute Gasteiger partial charge is 0.230 e. The molecule has 2 N–H and O–H groups in total. The summed E-state index contributed by atoms with van der Waals surface area (Å²) < 4.78 is 5.05. The number of nitrogens with one attached hydrogen (secondary N) is 1. The second-order valence-electron chi connectivity index (χ2n) is 4.26. The van der Waals surface area contributed by atoms with Gasteiger partial charge in [-0.15, -0.1) is 11.8 Å². The predicted octanol–water partition coefficient (Wildman–Crippen LogP) is 2.09. The number of amides is 1. The van der Waals surface area contributed by atoms with Crippen molar-refractivity contribution < 1.29 is 14.3 Å². The molecule has 0 aliphatic heterocycles. The molecule has 0 radical (unpaired) electrons. The van der Waals surface area contributed by atoms with Crippen LogP contribution in [0.5, 0.6) is 0 Å². The van der Waals surface area contributed by atoms with Crippen molar-refractivity contribution in [3.63, 3.8) is 0 Å². The molecule has 0 saturated carbocycles. The summed E-state index contributed by atoms with van der Waals surface area (Å²) in [5.74, 6) is 0.501. The lowest BCUT2D eigenvalue weighted by atomic mass is 10.2. The molecule has 1 unspecified atom stereocenters. The van der Waals surface area contributed by atoms with Crippen LogP contribution >= 0.6 is 11.8 Å². The van der Waals surface area contributed by atoms with Crippen LogP contribution in [0, 0.1) is 11.3 Å². The first-order valence-corrected chi connectivity index (χ1v) is 7.28. The Morgan fingerprint density at radius 2 is 2.14 bits per heavy atom. The average Bonchev–Trinajstić information content (AvgIpc) is 3.05. The van der Waals surface area contributed by atoms with Crippen molar-refractivity contribution in [1.29, 1.82) is 5.26 Å². The van der Waals surface area contributed by atoms with Crippen molar-refractivity contribution in [2.24, 2.45) is 0 Å². The van der Waals surface area contributed by atoms with Gasteiger partial charge >= 0.3 is 0 Å². The second-order valence-corrected chi connectivity index (χ2v) is 5.31. The number of aliphatic hydroxyl groups excluding tert-OH is 1. The van der Waals surface area contributed by atoms with E-state index >= 15 is 0 Å². The summed E-state index contributed by atoms with van der Waals surface area (Å²) in [4.78, 5) is 12.6. The number of nitriles is 1. The molecule has 21 heavy (non-hydrogen) atoms. The number of carbonyl (C=O) groups is 1. The molecule has 1 heterocycles. The van der Waals surface area contributed by atoms with E-state index in [4.69, 9.17) is 9.68 Å². The van der Waals surface area contributed by atoms with Crippen LogP contribution in [0.1, 0.15) is 17.4 Å². The highest BCUT2D eigenvalue weighted by molar-refractivity contribution is 8.00. The summed E-state index contributed by atoms with van der Waals surface area (Å²) in [7, 11) is 0. The molecule has 1 atom stereocenters. The first-order valence-electron chi connectivity index (χ1n) is 6.30. The van der Waals surface area contributed by atoms with Gasteiger partial charge in [0, 0.05) is 4.90 Å². The maximum Gasteiger partial charge on any atom is 0.230 e. The second kappa shape index (κ2) is 7.53. The topological polar surface area (TPSA) is 86.3 Å². The summed E-state index contributed by atoms with van der Waals surface area (Å²) in [5, 5.41) is 21.1. The predicted molar refractivity (Wildman–Crippen MR) is 78.6 cm³/mol. The van der Waals surface area contributed by atoms with Crippen molar-refractivity contribution >= 4 is 17.7 Å². The Morgan fingerprint density at radius 1 is 1.38 bits per heavy atom. The van der Waals surface area contributed by atoms with Crippen molar-refractivity contribution in [3.8, 4) is 6.07 Å². The number of hydrogen-bond donors (Lipinski definition) is 2. The van der Waals surface area contributed by atoms with Gasteiger partial charge < -0.3 is 14.8 Å². The Morgan fingerprint density at radius 3 is 2.76 bits per heavy atom. The third kappa shape index (κ3) is 4.67. The fourth-order valence-corrected chi connectivity index (χ4v) is 2.35. The Hall–Kier alpha value is -2.23. The zero-order valence-corrected chi connectivity index (χ0v) is 12.0. The molecule has 1 aromatic heterocycles. The molecule has 5 nitrogen and oxygen atoms in total. The van der Waals surface area contributed by atoms with E-state index in [1.54, 1.807) is 36.4 Å². The molecule has 0 saturated heterocycles. The van der Waals surface area contributed by atoms with E-state index in [2.05, 4.69) is 5.32 Å². The standard InChI is InChI=1S/C15H14N2O3S/c16-8-11-3-5-12(6-4-11)21-10-15(19)17-9-13(18)14-2-1-7-20-14/h1-7,13,18H,9-10H2,(H,17,19). The molecule has 1 aromatic carbocycles. The highest BCUT2D eigenvalue weighted by Crippen LogP contribution is 2.18. The minimum atomic E-state index is -0.844. The molecule has 108 valence electrons. The van der Waals surface area contributed by atoms with Crippen LogP contribution < -0.4 is 5.32 Å². The van der Waals surface area contributed by atoms with Crippen LogP contribution in [0.4, 0.5) is 0 Å². The summed E-state index contributed by atoms with van der Waals surface area (Å²) in [6, 6.07) is 12.4. The van der Waals surface area contributed by atoms with E-state index < -0.39 is 6.10 Å². The highest BCUT2D eigenvalue weighted by Gasteiger charge is 2.11. The van der Waals surface area contributed by atoms with Gasteiger partial charge in [-0.25, -0.2) is 0 Å². The lowest BCUT2D eigenvalue weighted by molar-refractivity contribution is -0.119. The van der Waals surface area contributed by atoms with Gasteiger partial charge in [0.2, 0.25) is 5.91 Å². The Balaban J connectivity index is 1.73. The lowest BCUT2D eigenvalue weighted by Crippen LogP contribution is -2.29. The van der Waals surface area contributed by atoms with Crippen molar-refractivity contribution in [3.05, 3.63) is 54.0 Å². The van der Waals surface area contributed by atoms with Crippen LogP contribution in [0.2, 0.25) is 0 Å². The van der Waals surface area contributed by atoms with Crippen LogP contribution in [0.25, 0.3) is 0 Å². The van der Waals surface area contributed by atoms with Crippen LogP contribution in [0.15, 0.2) is 52.0 Å². The third-order valence-corrected chi connectivity index (χ3v) is 3.73. The van der Waals surface area contributed by atoms with E-state index in [9.17, 15) is 9.90 Å². The fourth-order valence-electron chi connectivity index (χ4n) is 1.62. The van der Waals surface area contributed by atoms with Gasteiger partial charge in [-0.2, -0.15) is 5.26 Å². The summed E-state index contributed by atoms with van der Waals surface area (Å²) in [6.45, 7) is 0.111. The zero-order valence-electron chi connectivity index (χ0n) is 11.2. The normalized spacial score (nSPS) is 11.6. The summed E-state index contributed by atoms with van der Waals surface area (Å²) >= 11 is 1.37. The van der Waals surface area contributed by atoms with Crippen molar-refractivity contribution in [2.45, 2.75) is 11.0 Å². The van der Waals surface area contributed by atoms with Gasteiger partial charge in [0.05, 0.1) is 30.2 Å². The first-order chi connectivity index (χ1) is 10.2. The number of rotatable bonds is 6. The van der Waals surface area contributed by atoms with Gasteiger partial charge in [0.1, 0.15) is 11.9 Å². The molecule has 0 bridgehead atoms. The van der Waals surface area contributed by atoms with E-state index in [0.29, 0.717) is 11.3 Å². The number of carbonyl (C=O) groups excluding carboxylic acids is 1. The van der Waals surface area contributed by atoms with Gasteiger partial charge in [0.15, 0.2) is 0 Å². The molecular formula is C15H14N2O3S. The minimum absolute atomic E-state index is 0.111. The Kier molecular flexibility index (Phi) is 5.43. The zero-order chi connectivity index (χ0) is 15.1. The highest BCUT2D eigenvalue weighted by atomic mass is 32.2. The molecule has 1 amide bonds. The van der Waals surface area contributed by atoms with Gasteiger partial charge in [-0.05, 0) is 36.4 Å². The van der Waals surface area contributed by atoms with Crippen LogP contribution in [0.3, 0.4) is 0 Å². The molecule has 0 aliphatic rings. The molecule has 0 spiro atoms. The van der Waals surface area contributed by atoms with Crippen LogP contribution in [-0.4, -0.2) is 23.3 Å². The molecule has 0 fully saturated rings. The molecule has 2 rings (SSSR count).